The predicted molar refractivity (Wildman–Crippen MR) is 68.1 cm³/mol. The van der Waals surface area contributed by atoms with Gasteiger partial charge in [-0.05, 0) is 12.1 Å². The van der Waals surface area contributed by atoms with Crippen molar-refractivity contribution in [1.82, 2.24) is 4.98 Å². The molecule has 102 valence electrons. The summed E-state index contributed by atoms with van der Waals surface area (Å²) in [5, 5.41) is 2.70. The lowest BCUT2D eigenvalue weighted by Crippen LogP contribution is -2.17. The van der Waals surface area contributed by atoms with Crippen LogP contribution in [0, 0.1) is 5.92 Å². The van der Waals surface area contributed by atoms with Crippen molar-refractivity contribution in [3.05, 3.63) is 23.8 Å². The van der Waals surface area contributed by atoms with E-state index in [1.165, 1.54) is 6.07 Å². The monoisotopic (exact) mass is 288 g/mol. The van der Waals surface area contributed by atoms with Crippen molar-refractivity contribution in [2.75, 3.05) is 5.32 Å². The quantitative estimate of drug-likeness (QED) is 0.910. The maximum Gasteiger partial charge on any atom is 0.418 e. The van der Waals surface area contributed by atoms with Crippen LogP contribution >= 0.6 is 11.3 Å². The van der Waals surface area contributed by atoms with Gasteiger partial charge in [0.05, 0.1) is 15.8 Å². The second-order valence-corrected chi connectivity index (χ2v) is 5.34. The molecule has 1 N–H and O–H groups in total. The number of alkyl halides is 3. The van der Waals surface area contributed by atoms with Crippen molar-refractivity contribution in [3.8, 4) is 0 Å². The minimum Gasteiger partial charge on any atom is -0.302 e. The number of amides is 1. The Morgan fingerprint density at radius 3 is 2.63 bits per heavy atom. The molecule has 7 heteroatoms. The number of para-hydroxylation sites is 1. The molecule has 1 aromatic carbocycles. The van der Waals surface area contributed by atoms with Gasteiger partial charge in [-0.2, -0.15) is 13.2 Å². The second-order valence-electron chi connectivity index (χ2n) is 4.31. The second kappa shape index (κ2) is 4.80. The third kappa shape index (κ3) is 2.86. The minimum absolute atomic E-state index is 0.126. The van der Waals surface area contributed by atoms with Gasteiger partial charge >= 0.3 is 6.18 Å². The average Bonchev–Trinajstić information content (AvgIpc) is 2.68. The molecule has 2 rings (SSSR count). The highest BCUT2D eigenvalue weighted by molar-refractivity contribution is 7.22. The third-order valence-corrected chi connectivity index (χ3v) is 3.41. The van der Waals surface area contributed by atoms with Gasteiger partial charge in [0.1, 0.15) is 0 Å². The van der Waals surface area contributed by atoms with E-state index in [1.54, 1.807) is 19.9 Å². The Bertz CT molecular complexity index is 619. The summed E-state index contributed by atoms with van der Waals surface area (Å²) in [4.78, 5) is 15.4. The van der Waals surface area contributed by atoms with Crippen LogP contribution in [0.5, 0.6) is 0 Å². The van der Waals surface area contributed by atoms with Crippen LogP contribution in [0.1, 0.15) is 19.4 Å². The van der Waals surface area contributed by atoms with Gasteiger partial charge in [-0.25, -0.2) is 4.98 Å². The number of halogens is 3. The Morgan fingerprint density at radius 2 is 2.05 bits per heavy atom. The van der Waals surface area contributed by atoms with E-state index >= 15 is 0 Å². The lowest BCUT2D eigenvalue weighted by Gasteiger charge is -2.06. The van der Waals surface area contributed by atoms with Crippen molar-refractivity contribution in [1.29, 1.82) is 0 Å². The van der Waals surface area contributed by atoms with Crippen LogP contribution in [0.3, 0.4) is 0 Å². The zero-order valence-corrected chi connectivity index (χ0v) is 11.0. The van der Waals surface area contributed by atoms with Gasteiger partial charge in [0.25, 0.3) is 0 Å². The van der Waals surface area contributed by atoms with E-state index in [9.17, 15) is 18.0 Å². The van der Waals surface area contributed by atoms with Crippen LogP contribution in [-0.4, -0.2) is 10.9 Å². The lowest BCUT2D eigenvalue weighted by molar-refractivity contribution is -0.136. The fraction of sp³-hybridized carbons (Fsp3) is 0.333. The molecule has 3 nitrogen and oxygen atoms in total. The van der Waals surface area contributed by atoms with Crippen LogP contribution in [0.4, 0.5) is 18.3 Å². The number of carbonyl (C=O) groups excluding carboxylic acids is 1. The lowest BCUT2D eigenvalue weighted by atomic mass is 10.2. The van der Waals surface area contributed by atoms with E-state index in [4.69, 9.17) is 0 Å². The molecule has 1 amide bonds. The number of carbonyl (C=O) groups is 1. The van der Waals surface area contributed by atoms with Gasteiger partial charge in [0.15, 0.2) is 5.13 Å². The molecule has 0 bridgehead atoms. The zero-order chi connectivity index (χ0) is 14.2. The molecule has 2 aromatic rings. The number of hydrogen-bond acceptors (Lipinski definition) is 3. The largest absolute Gasteiger partial charge is 0.418 e. The van der Waals surface area contributed by atoms with Crippen molar-refractivity contribution >= 4 is 32.6 Å². The molecule has 0 radical (unpaired) electrons. The molecular formula is C12H11F3N2OS. The fourth-order valence-electron chi connectivity index (χ4n) is 1.48. The predicted octanol–water partition coefficient (Wildman–Crippen LogP) is 3.91. The number of rotatable bonds is 2. The molecule has 0 atom stereocenters. The molecule has 19 heavy (non-hydrogen) atoms. The summed E-state index contributed by atoms with van der Waals surface area (Å²) in [6.07, 6.45) is -4.45. The van der Waals surface area contributed by atoms with Gasteiger partial charge in [-0.1, -0.05) is 31.3 Å². The highest BCUT2D eigenvalue weighted by Gasteiger charge is 2.33. The van der Waals surface area contributed by atoms with Crippen LogP contribution in [-0.2, 0) is 11.0 Å². The van der Waals surface area contributed by atoms with Gasteiger partial charge in [-0.3, -0.25) is 4.79 Å². The molecule has 0 fully saturated rings. The van der Waals surface area contributed by atoms with Gasteiger partial charge in [-0.15, -0.1) is 0 Å². The number of benzene rings is 1. The number of hydrogen-bond donors (Lipinski definition) is 1. The van der Waals surface area contributed by atoms with Crippen molar-refractivity contribution in [2.24, 2.45) is 5.92 Å². The highest BCUT2D eigenvalue weighted by Crippen LogP contribution is 2.37. The minimum atomic E-state index is -4.45. The van der Waals surface area contributed by atoms with E-state index in [-0.39, 0.29) is 22.5 Å². The van der Waals surface area contributed by atoms with Crippen LogP contribution in [0.15, 0.2) is 18.2 Å². The first-order valence-electron chi connectivity index (χ1n) is 5.56. The fourth-order valence-corrected chi connectivity index (χ4v) is 2.38. The summed E-state index contributed by atoms with van der Waals surface area (Å²) in [6.45, 7) is 3.40. The normalized spacial score (nSPS) is 12.1. The molecule has 1 heterocycles. The summed E-state index contributed by atoms with van der Waals surface area (Å²) in [7, 11) is 0. The number of aromatic nitrogens is 1. The molecule has 0 unspecified atom stereocenters. The first-order chi connectivity index (χ1) is 8.79. The molecule has 0 aliphatic heterocycles. The van der Waals surface area contributed by atoms with E-state index in [1.807, 2.05) is 0 Å². The van der Waals surface area contributed by atoms with Crippen LogP contribution in [0.2, 0.25) is 0 Å². The molecule has 0 saturated heterocycles. The van der Waals surface area contributed by atoms with Crippen LogP contribution in [0.25, 0.3) is 10.2 Å². The number of nitrogens with one attached hydrogen (secondary N) is 1. The molecule has 1 aromatic heterocycles. The third-order valence-electron chi connectivity index (χ3n) is 2.48. The molecular weight excluding hydrogens is 277 g/mol. The first-order valence-corrected chi connectivity index (χ1v) is 6.38. The maximum absolute atomic E-state index is 12.8. The molecule has 0 spiro atoms. The van der Waals surface area contributed by atoms with Gasteiger partial charge in [0.2, 0.25) is 5.91 Å². The van der Waals surface area contributed by atoms with Crippen molar-refractivity contribution in [3.63, 3.8) is 0 Å². The summed E-state index contributed by atoms with van der Waals surface area (Å²) in [5.41, 5.74) is -0.912. The summed E-state index contributed by atoms with van der Waals surface area (Å²) < 4.78 is 38.8. The Balaban J connectivity index is 2.44. The standard InChI is InChI=1S/C12H11F3N2OS/c1-6(2)10(18)17-11-16-9-7(12(13,14)15)4-3-5-8(9)19-11/h3-6H,1-2H3,(H,16,17,18). The summed E-state index contributed by atoms with van der Waals surface area (Å²) >= 11 is 1.03. The van der Waals surface area contributed by atoms with Crippen molar-refractivity contribution < 1.29 is 18.0 Å². The van der Waals surface area contributed by atoms with E-state index in [0.717, 1.165) is 17.4 Å². The number of fused-ring (bicyclic) bond motifs is 1. The topological polar surface area (TPSA) is 42.0 Å². The average molecular weight is 288 g/mol. The Hall–Kier alpha value is -1.63. The summed E-state index contributed by atoms with van der Waals surface area (Å²) in [5.74, 6) is -0.526. The molecule has 0 aliphatic carbocycles. The Labute approximate surface area is 111 Å². The van der Waals surface area contributed by atoms with E-state index in [0.29, 0.717) is 4.70 Å². The summed E-state index contributed by atoms with van der Waals surface area (Å²) in [6, 6.07) is 3.86. The zero-order valence-electron chi connectivity index (χ0n) is 10.2. The van der Waals surface area contributed by atoms with Crippen molar-refractivity contribution in [2.45, 2.75) is 20.0 Å². The molecule has 0 aliphatic rings. The Morgan fingerprint density at radius 1 is 1.37 bits per heavy atom. The SMILES string of the molecule is CC(C)C(=O)Nc1nc2c(C(F)(F)F)cccc2s1. The Kier molecular flexibility index (Phi) is 3.49. The first kappa shape index (κ1) is 13.8. The van der Waals surface area contributed by atoms with Crippen LogP contribution < -0.4 is 5.32 Å². The van der Waals surface area contributed by atoms with Gasteiger partial charge in [0, 0.05) is 5.92 Å². The number of anilines is 1. The number of thiazole rings is 1. The molecule has 0 saturated carbocycles. The maximum atomic E-state index is 12.8. The van der Waals surface area contributed by atoms with E-state index < -0.39 is 11.7 Å². The number of nitrogens with zero attached hydrogens (tertiary/aromatic N) is 1. The van der Waals surface area contributed by atoms with E-state index in [2.05, 4.69) is 10.3 Å². The smallest absolute Gasteiger partial charge is 0.302 e. The van der Waals surface area contributed by atoms with Gasteiger partial charge < -0.3 is 5.32 Å². The highest BCUT2D eigenvalue weighted by atomic mass is 32.1.